The predicted molar refractivity (Wildman–Crippen MR) is 63.2 cm³/mol. The van der Waals surface area contributed by atoms with E-state index >= 15 is 0 Å². The molecule has 92 valence electrons. The Morgan fingerprint density at radius 1 is 1.47 bits per heavy atom. The van der Waals surface area contributed by atoms with Gasteiger partial charge in [0.15, 0.2) is 5.65 Å². The third-order valence-corrected chi connectivity index (χ3v) is 2.35. The number of methoxy groups -OCH3 is 1. The quantitative estimate of drug-likeness (QED) is 0.704. The van der Waals surface area contributed by atoms with Crippen LogP contribution < -0.4 is 11.0 Å². The summed E-state index contributed by atoms with van der Waals surface area (Å²) < 4.78 is 6.19. The van der Waals surface area contributed by atoms with Crippen molar-refractivity contribution in [1.29, 1.82) is 0 Å². The summed E-state index contributed by atoms with van der Waals surface area (Å²) in [6.45, 7) is 1.56. The molecule has 2 heterocycles. The van der Waals surface area contributed by atoms with Crippen LogP contribution in [0.15, 0.2) is 16.9 Å². The normalized spacial score (nSPS) is 10.9. The van der Waals surface area contributed by atoms with Crippen molar-refractivity contribution in [2.45, 2.75) is 12.8 Å². The van der Waals surface area contributed by atoms with E-state index < -0.39 is 0 Å². The van der Waals surface area contributed by atoms with E-state index in [1.54, 1.807) is 19.2 Å². The van der Waals surface area contributed by atoms with E-state index in [1.807, 2.05) is 0 Å². The van der Waals surface area contributed by atoms with Crippen molar-refractivity contribution in [1.82, 2.24) is 19.8 Å². The summed E-state index contributed by atoms with van der Waals surface area (Å²) in [5.41, 5.74) is 0.183. The van der Waals surface area contributed by atoms with Crippen LogP contribution >= 0.6 is 0 Å². The van der Waals surface area contributed by atoms with Gasteiger partial charge in [0.05, 0.1) is 0 Å². The van der Waals surface area contributed by atoms with Crippen molar-refractivity contribution in [3.63, 3.8) is 0 Å². The van der Waals surface area contributed by atoms with Gasteiger partial charge in [-0.2, -0.15) is 9.61 Å². The van der Waals surface area contributed by atoms with E-state index in [1.165, 1.54) is 4.52 Å². The van der Waals surface area contributed by atoms with Crippen LogP contribution in [0.25, 0.3) is 5.65 Å². The molecule has 0 saturated carbocycles. The predicted octanol–water partition coefficient (Wildman–Crippen LogP) is 0.256. The van der Waals surface area contributed by atoms with E-state index in [0.717, 1.165) is 26.0 Å². The molecule has 0 unspecified atom stereocenters. The van der Waals surface area contributed by atoms with E-state index in [9.17, 15) is 4.79 Å². The third kappa shape index (κ3) is 2.82. The van der Waals surface area contributed by atoms with Gasteiger partial charge in [-0.3, -0.25) is 0 Å². The molecule has 0 aliphatic rings. The van der Waals surface area contributed by atoms with Crippen LogP contribution in [0.2, 0.25) is 0 Å². The maximum absolute atomic E-state index is 11.3. The lowest BCUT2D eigenvalue weighted by Gasteiger charge is -2.04. The second kappa shape index (κ2) is 5.44. The van der Waals surface area contributed by atoms with E-state index in [4.69, 9.17) is 4.74 Å². The van der Waals surface area contributed by atoms with Crippen LogP contribution in [-0.4, -0.2) is 40.1 Å². The first-order valence-corrected chi connectivity index (χ1v) is 5.48. The zero-order valence-electron chi connectivity index (χ0n) is 9.64. The molecule has 0 bridgehead atoms. The van der Waals surface area contributed by atoms with Gasteiger partial charge in [-0.05, 0) is 25.0 Å². The summed E-state index contributed by atoms with van der Waals surface area (Å²) in [7, 11) is 1.69. The Morgan fingerprint density at radius 3 is 3.18 bits per heavy atom. The molecule has 2 aromatic heterocycles. The van der Waals surface area contributed by atoms with Crippen molar-refractivity contribution < 1.29 is 4.74 Å². The molecular formula is C10H15N5O2. The molecule has 2 aromatic rings. The first-order valence-electron chi connectivity index (χ1n) is 5.48. The van der Waals surface area contributed by atoms with Gasteiger partial charge < -0.3 is 10.1 Å². The molecule has 0 spiro atoms. The number of nitrogens with zero attached hydrogens (tertiary/aromatic N) is 3. The van der Waals surface area contributed by atoms with Gasteiger partial charge >= 0.3 is 5.69 Å². The first-order chi connectivity index (χ1) is 8.31. The number of fused-ring (bicyclic) bond motifs is 1. The first kappa shape index (κ1) is 11.6. The zero-order chi connectivity index (χ0) is 12.1. The fraction of sp³-hybridized carbons (Fsp3) is 0.500. The Morgan fingerprint density at radius 2 is 2.35 bits per heavy atom. The summed E-state index contributed by atoms with van der Waals surface area (Å²) >= 11 is 0. The average molecular weight is 237 g/mol. The number of ether oxygens (including phenoxy) is 1. The molecular weight excluding hydrogens is 222 g/mol. The van der Waals surface area contributed by atoms with E-state index in [0.29, 0.717) is 11.5 Å². The highest BCUT2D eigenvalue weighted by molar-refractivity contribution is 5.42. The summed E-state index contributed by atoms with van der Waals surface area (Å²) in [5.74, 6) is 0.665. The van der Waals surface area contributed by atoms with E-state index in [-0.39, 0.29) is 5.69 Å². The standard InChI is InChI=1S/C10H15N5O2/c1-17-7-3-2-6-11-8-4-5-9-12-13-10(16)15(9)14-8/h4-5H,2-3,6-7H2,1H3,(H,11,14)(H,13,16). The fourth-order valence-corrected chi connectivity index (χ4v) is 1.49. The highest BCUT2D eigenvalue weighted by Crippen LogP contribution is 2.03. The summed E-state index contributed by atoms with van der Waals surface area (Å²) in [5, 5.41) is 13.4. The molecule has 0 saturated heterocycles. The molecule has 0 aromatic carbocycles. The smallest absolute Gasteiger partial charge is 0.364 e. The number of nitrogens with one attached hydrogen (secondary N) is 2. The topological polar surface area (TPSA) is 84.3 Å². The maximum Gasteiger partial charge on any atom is 0.364 e. The second-order valence-corrected chi connectivity index (χ2v) is 3.64. The Bertz CT molecular complexity index is 533. The minimum Gasteiger partial charge on any atom is -0.385 e. The summed E-state index contributed by atoms with van der Waals surface area (Å²) in [6, 6.07) is 3.54. The third-order valence-electron chi connectivity index (χ3n) is 2.35. The van der Waals surface area contributed by atoms with Gasteiger partial charge in [-0.15, -0.1) is 5.10 Å². The van der Waals surface area contributed by atoms with Gasteiger partial charge in [-0.25, -0.2) is 9.89 Å². The highest BCUT2D eigenvalue weighted by atomic mass is 16.5. The lowest BCUT2D eigenvalue weighted by molar-refractivity contribution is 0.194. The van der Waals surface area contributed by atoms with Crippen LogP contribution in [0, 0.1) is 0 Å². The number of hydrogen-bond acceptors (Lipinski definition) is 5. The monoisotopic (exact) mass is 237 g/mol. The lowest BCUT2D eigenvalue weighted by atomic mass is 10.3. The summed E-state index contributed by atoms with van der Waals surface area (Å²) in [4.78, 5) is 11.3. The second-order valence-electron chi connectivity index (χ2n) is 3.64. The Hall–Kier alpha value is -1.89. The molecule has 0 amide bonds. The van der Waals surface area contributed by atoms with Crippen LogP contribution in [0.5, 0.6) is 0 Å². The molecule has 0 atom stereocenters. The Kier molecular flexibility index (Phi) is 3.71. The number of anilines is 1. The van der Waals surface area contributed by atoms with Crippen molar-refractivity contribution in [2.24, 2.45) is 0 Å². The van der Waals surface area contributed by atoms with Crippen molar-refractivity contribution in [2.75, 3.05) is 25.6 Å². The van der Waals surface area contributed by atoms with Crippen LogP contribution in [0.1, 0.15) is 12.8 Å². The van der Waals surface area contributed by atoms with Crippen LogP contribution in [0.4, 0.5) is 5.82 Å². The van der Waals surface area contributed by atoms with Crippen molar-refractivity contribution in [3.05, 3.63) is 22.6 Å². The molecule has 2 rings (SSSR count). The maximum atomic E-state index is 11.3. The van der Waals surface area contributed by atoms with Crippen LogP contribution in [0.3, 0.4) is 0 Å². The van der Waals surface area contributed by atoms with Gasteiger partial charge in [-0.1, -0.05) is 0 Å². The number of aromatic nitrogens is 4. The zero-order valence-corrected chi connectivity index (χ0v) is 9.64. The SMILES string of the molecule is COCCCCNc1ccc2n[nH]c(=O)n2n1. The molecule has 7 nitrogen and oxygen atoms in total. The van der Waals surface area contributed by atoms with Crippen LogP contribution in [-0.2, 0) is 4.74 Å². The molecule has 17 heavy (non-hydrogen) atoms. The summed E-state index contributed by atoms with van der Waals surface area (Å²) in [6.07, 6.45) is 1.99. The minimum atomic E-state index is -0.331. The lowest BCUT2D eigenvalue weighted by Crippen LogP contribution is -2.14. The number of rotatable bonds is 6. The van der Waals surface area contributed by atoms with Gasteiger partial charge in [0.1, 0.15) is 5.82 Å². The average Bonchev–Trinajstić information content (AvgIpc) is 2.71. The van der Waals surface area contributed by atoms with Gasteiger partial charge in [0.25, 0.3) is 0 Å². The Labute approximate surface area is 97.8 Å². The van der Waals surface area contributed by atoms with Gasteiger partial charge in [0.2, 0.25) is 0 Å². The molecule has 2 N–H and O–H groups in total. The number of unbranched alkanes of at least 4 members (excludes halogenated alkanes) is 1. The number of H-pyrrole nitrogens is 1. The van der Waals surface area contributed by atoms with Gasteiger partial charge in [0, 0.05) is 20.3 Å². The minimum absolute atomic E-state index is 0.331. The highest BCUT2D eigenvalue weighted by Gasteiger charge is 2.01. The molecule has 0 fully saturated rings. The molecule has 7 heteroatoms. The number of hydrogen-bond donors (Lipinski definition) is 2. The molecule has 0 aliphatic carbocycles. The molecule has 0 aliphatic heterocycles. The molecule has 0 radical (unpaired) electrons. The van der Waals surface area contributed by atoms with E-state index in [2.05, 4.69) is 20.6 Å². The number of aromatic amines is 1. The largest absolute Gasteiger partial charge is 0.385 e. The fourth-order valence-electron chi connectivity index (χ4n) is 1.49. The van der Waals surface area contributed by atoms with Crippen molar-refractivity contribution >= 4 is 11.5 Å². The Balaban J connectivity index is 1.94. The van der Waals surface area contributed by atoms with Crippen molar-refractivity contribution in [3.8, 4) is 0 Å².